The van der Waals surface area contributed by atoms with Gasteiger partial charge in [-0.05, 0) is 31.2 Å². The fourth-order valence-corrected chi connectivity index (χ4v) is 2.88. The highest BCUT2D eigenvalue weighted by Gasteiger charge is 2.22. The summed E-state index contributed by atoms with van der Waals surface area (Å²) >= 11 is 1.67. The summed E-state index contributed by atoms with van der Waals surface area (Å²) in [6.07, 6.45) is 2.32. The number of nitrogens with zero attached hydrogens (tertiary/aromatic N) is 1. The number of amides is 1. The number of hydrogen-bond donors (Lipinski definition) is 0. The Morgan fingerprint density at radius 3 is 3.16 bits per heavy atom. The van der Waals surface area contributed by atoms with Crippen molar-refractivity contribution in [3.63, 3.8) is 0 Å². The second-order valence-electron chi connectivity index (χ2n) is 4.63. The zero-order valence-corrected chi connectivity index (χ0v) is 12.2. The Labute approximate surface area is 118 Å². The molecule has 0 aromatic carbocycles. The van der Waals surface area contributed by atoms with Crippen molar-refractivity contribution < 1.29 is 14.3 Å². The first kappa shape index (κ1) is 14.5. The maximum atomic E-state index is 12.2. The summed E-state index contributed by atoms with van der Waals surface area (Å²) in [7, 11) is 0. The molecule has 1 saturated heterocycles. The lowest BCUT2D eigenvalue weighted by Crippen LogP contribution is -2.38. The normalized spacial score (nSPS) is 18.7. The van der Waals surface area contributed by atoms with E-state index in [0.29, 0.717) is 19.7 Å². The molecule has 2 rings (SSSR count). The fraction of sp³-hybridized carbons (Fsp3) is 0.643. The van der Waals surface area contributed by atoms with E-state index in [-0.39, 0.29) is 18.6 Å². The minimum absolute atomic E-state index is 0.0470. The van der Waals surface area contributed by atoms with Gasteiger partial charge in [0.25, 0.3) is 0 Å². The molecule has 1 aliphatic rings. The van der Waals surface area contributed by atoms with Crippen molar-refractivity contribution in [2.75, 3.05) is 26.4 Å². The molecule has 0 radical (unpaired) electrons. The topological polar surface area (TPSA) is 38.8 Å². The molecule has 1 aliphatic heterocycles. The van der Waals surface area contributed by atoms with E-state index in [1.807, 2.05) is 23.3 Å². The molecule has 19 heavy (non-hydrogen) atoms. The largest absolute Gasteiger partial charge is 0.376 e. The number of carbonyl (C=O) groups excluding carboxylic acids is 1. The van der Waals surface area contributed by atoms with Crippen LogP contribution in [0.5, 0.6) is 0 Å². The van der Waals surface area contributed by atoms with Crippen LogP contribution in [0.25, 0.3) is 0 Å². The molecule has 5 heteroatoms. The van der Waals surface area contributed by atoms with Gasteiger partial charge in [0.2, 0.25) is 5.91 Å². The minimum Gasteiger partial charge on any atom is -0.376 e. The van der Waals surface area contributed by atoms with Gasteiger partial charge in [-0.25, -0.2) is 0 Å². The van der Waals surface area contributed by atoms with E-state index in [0.717, 1.165) is 19.4 Å². The monoisotopic (exact) mass is 283 g/mol. The lowest BCUT2D eigenvalue weighted by Gasteiger charge is -2.25. The highest BCUT2D eigenvalue weighted by molar-refractivity contribution is 7.09. The van der Waals surface area contributed by atoms with E-state index in [2.05, 4.69) is 6.07 Å². The Bertz CT molecular complexity index is 374. The summed E-state index contributed by atoms with van der Waals surface area (Å²) in [5, 5.41) is 2.03. The van der Waals surface area contributed by atoms with Crippen LogP contribution < -0.4 is 0 Å². The highest BCUT2D eigenvalue weighted by Crippen LogP contribution is 2.17. The molecule has 0 N–H and O–H groups in total. The van der Waals surface area contributed by atoms with Gasteiger partial charge in [-0.1, -0.05) is 6.07 Å². The Hall–Kier alpha value is -0.910. The van der Waals surface area contributed by atoms with E-state index >= 15 is 0 Å². The Morgan fingerprint density at radius 1 is 1.63 bits per heavy atom. The van der Waals surface area contributed by atoms with Gasteiger partial charge in [0, 0.05) is 24.6 Å². The van der Waals surface area contributed by atoms with E-state index in [4.69, 9.17) is 9.47 Å². The van der Waals surface area contributed by atoms with Crippen LogP contribution in [0.2, 0.25) is 0 Å². The SMILES string of the molecule is CCOCC(=O)N(Cc1cccs1)CC1CCCO1. The van der Waals surface area contributed by atoms with Crippen LogP contribution in [0, 0.1) is 0 Å². The van der Waals surface area contributed by atoms with Crippen molar-refractivity contribution in [2.24, 2.45) is 0 Å². The highest BCUT2D eigenvalue weighted by atomic mass is 32.1. The Morgan fingerprint density at radius 2 is 2.53 bits per heavy atom. The van der Waals surface area contributed by atoms with Gasteiger partial charge in [-0.15, -0.1) is 11.3 Å². The van der Waals surface area contributed by atoms with Gasteiger partial charge >= 0.3 is 0 Å². The van der Waals surface area contributed by atoms with E-state index in [1.54, 1.807) is 11.3 Å². The van der Waals surface area contributed by atoms with Crippen molar-refractivity contribution in [1.29, 1.82) is 0 Å². The summed E-state index contributed by atoms with van der Waals surface area (Å²) in [5.74, 6) is 0.0470. The maximum absolute atomic E-state index is 12.2. The second kappa shape index (κ2) is 7.62. The molecular weight excluding hydrogens is 262 g/mol. The molecule has 1 amide bonds. The quantitative estimate of drug-likeness (QED) is 0.770. The molecule has 106 valence electrons. The van der Waals surface area contributed by atoms with Crippen molar-refractivity contribution in [3.05, 3.63) is 22.4 Å². The summed E-state index contributed by atoms with van der Waals surface area (Å²) in [6.45, 7) is 4.77. The van der Waals surface area contributed by atoms with Gasteiger partial charge in [0.05, 0.1) is 12.6 Å². The molecule has 0 spiro atoms. The third-order valence-corrected chi connectivity index (χ3v) is 4.02. The van der Waals surface area contributed by atoms with Gasteiger partial charge in [-0.3, -0.25) is 4.79 Å². The zero-order valence-electron chi connectivity index (χ0n) is 11.3. The minimum atomic E-state index is 0.0470. The van der Waals surface area contributed by atoms with Gasteiger partial charge in [0.1, 0.15) is 6.61 Å². The molecule has 1 unspecified atom stereocenters. The van der Waals surface area contributed by atoms with Crippen LogP contribution in [-0.2, 0) is 20.8 Å². The number of ether oxygens (including phenoxy) is 2. The summed E-state index contributed by atoms with van der Waals surface area (Å²) in [5.41, 5.74) is 0. The summed E-state index contributed by atoms with van der Waals surface area (Å²) < 4.78 is 10.9. The van der Waals surface area contributed by atoms with Crippen LogP contribution in [0.1, 0.15) is 24.6 Å². The lowest BCUT2D eigenvalue weighted by molar-refractivity contribution is -0.138. The average molecular weight is 283 g/mol. The van der Waals surface area contributed by atoms with Crippen LogP contribution in [0.3, 0.4) is 0 Å². The van der Waals surface area contributed by atoms with Crippen LogP contribution in [-0.4, -0.2) is 43.3 Å². The van der Waals surface area contributed by atoms with Crippen LogP contribution in [0.15, 0.2) is 17.5 Å². The first-order chi connectivity index (χ1) is 9.29. The molecule has 1 aromatic rings. The van der Waals surface area contributed by atoms with Crippen molar-refractivity contribution >= 4 is 17.2 Å². The summed E-state index contributed by atoms with van der Waals surface area (Å²) in [4.78, 5) is 15.2. The lowest BCUT2D eigenvalue weighted by atomic mass is 10.2. The van der Waals surface area contributed by atoms with Gasteiger partial charge in [0.15, 0.2) is 0 Å². The third-order valence-electron chi connectivity index (χ3n) is 3.16. The molecule has 0 saturated carbocycles. The van der Waals surface area contributed by atoms with Gasteiger partial charge in [-0.2, -0.15) is 0 Å². The molecule has 1 atom stereocenters. The standard InChI is InChI=1S/C14H21NO3S/c1-2-17-11-14(16)15(9-12-5-3-7-18-12)10-13-6-4-8-19-13/h4,6,8,12H,2-3,5,7,9-11H2,1H3. The maximum Gasteiger partial charge on any atom is 0.248 e. The molecule has 4 nitrogen and oxygen atoms in total. The van der Waals surface area contributed by atoms with Crippen molar-refractivity contribution in [2.45, 2.75) is 32.4 Å². The first-order valence-corrected chi connectivity index (χ1v) is 7.67. The van der Waals surface area contributed by atoms with Crippen LogP contribution >= 0.6 is 11.3 Å². The van der Waals surface area contributed by atoms with E-state index in [9.17, 15) is 4.79 Å². The zero-order chi connectivity index (χ0) is 13.5. The molecule has 0 bridgehead atoms. The van der Waals surface area contributed by atoms with E-state index < -0.39 is 0 Å². The average Bonchev–Trinajstić information content (AvgIpc) is 3.08. The molecule has 0 aliphatic carbocycles. The first-order valence-electron chi connectivity index (χ1n) is 6.79. The molecule has 1 aromatic heterocycles. The third kappa shape index (κ3) is 4.60. The predicted molar refractivity (Wildman–Crippen MR) is 75.2 cm³/mol. The summed E-state index contributed by atoms with van der Waals surface area (Å²) in [6, 6.07) is 4.07. The van der Waals surface area contributed by atoms with Gasteiger partial charge < -0.3 is 14.4 Å². The van der Waals surface area contributed by atoms with Crippen LogP contribution in [0.4, 0.5) is 0 Å². The fourth-order valence-electron chi connectivity index (χ4n) is 2.16. The number of rotatable bonds is 7. The Balaban J connectivity index is 1.92. The second-order valence-corrected chi connectivity index (χ2v) is 5.66. The van der Waals surface area contributed by atoms with Crippen molar-refractivity contribution in [3.8, 4) is 0 Å². The molecule has 2 heterocycles. The smallest absolute Gasteiger partial charge is 0.248 e. The Kier molecular flexibility index (Phi) is 5.82. The number of hydrogen-bond acceptors (Lipinski definition) is 4. The van der Waals surface area contributed by atoms with E-state index in [1.165, 1.54) is 4.88 Å². The molecule has 1 fully saturated rings. The number of thiophene rings is 1. The predicted octanol–water partition coefficient (Wildman–Crippen LogP) is 2.29. The number of carbonyl (C=O) groups is 1. The van der Waals surface area contributed by atoms with Crippen molar-refractivity contribution in [1.82, 2.24) is 4.90 Å². The molecular formula is C14H21NO3S.